The molecule has 29 heavy (non-hydrogen) atoms. The van der Waals surface area contributed by atoms with Gasteiger partial charge in [0.15, 0.2) is 5.96 Å². The third kappa shape index (κ3) is 7.17. The summed E-state index contributed by atoms with van der Waals surface area (Å²) >= 11 is 0. The molecule has 1 aliphatic heterocycles. The summed E-state index contributed by atoms with van der Waals surface area (Å²) < 4.78 is 10.8. The van der Waals surface area contributed by atoms with Crippen LogP contribution >= 0.6 is 24.0 Å². The molecule has 1 fully saturated rings. The summed E-state index contributed by atoms with van der Waals surface area (Å²) in [6, 6.07) is 18.9. The van der Waals surface area contributed by atoms with Gasteiger partial charge in [-0.25, -0.2) is 0 Å². The number of rotatable bonds is 7. The minimum absolute atomic E-state index is 0. The van der Waals surface area contributed by atoms with Crippen LogP contribution in [0.3, 0.4) is 0 Å². The lowest BCUT2D eigenvalue weighted by Crippen LogP contribution is -2.46. The molecule has 2 N–H and O–H groups in total. The second-order valence-electron chi connectivity index (χ2n) is 6.73. The molecular weight excluding hydrogens is 479 g/mol. The van der Waals surface area contributed by atoms with Gasteiger partial charge in [0, 0.05) is 33.2 Å². The summed E-state index contributed by atoms with van der Waals surface area (Å²) in [5, 5.41) is 6.88. The third-order valence-electron chi connectivity index (χ3n) is 4.98. The maximum Gasteiger partial charge on any atom is 0.191 e. The number of methoxy groups -OCH3 is 1. The Bertz CT molecular complexity index is 734. The highest BCUT2D eigenvalue weighted by Gasteiger charge is 2.23. The Morgan fingerprint density at radius 2 is 1.76 bits per heavy atom. The molecule has 6 nitrogen and oxygen atoms in total. The van der Waals surface area contributed by atoms with E-state index in [1.165, 1.54) is 11.1 Å². The van der Waals surface area contributed by atoms with E-state index < -0.39 is 0 Å². The van der Waals surface area contributed by atoms with E-state index in [0.717, 1.165) is 51.1 Å². The molecule has 0 spiro atoms. The number of nitrogens with one attached hydrogen (secondary N) is 2. The number of guanidine groups is 1. The molecule has 2 aromatic carbocycles. The van der Waals surface area contributed by atoms with Crippen LogP contribution in [0, 0.1) is 0 Å². The van der Waals surface area contributed by atoms with E-state index >= 15 is 0 Å². The summed E-state index contributed by atoms with van der Waals surface area (Å²) in [6.45, 7) is 4.90. The Morgan fingerprint density at radius 3 is 2.38 bits per heavy atom. The summed E-state index contributed by atoms with van der Waals surface area (Å²) in [4.78, 5) is 6.83. The first-order valence-electron chi connectivity index (χ1n) is 9.74. The molecule has 1 unspecified atom stereocenters. The summed E-state index contributed by atoms with van der Waals surface area (Å²) in [5.74, 6) is 1.67. The van der Waals surface area contributed by atoms with Crippen molar-refractivity contribution in [3.63, 3.8) is 0 Å². The van der Waals surface area contributed by atoms with Crippen LogP contribution in [0.15, 0.2) is 59.6 Å². The Balaban J connectivity index is 0.00000300. The number of halogens is 1. The van der Waals surface area contributed by atoms with Crippen LogP contribution < -0.4 is 15.4 Å². The monoisotopic (exact) mass is 510 g/mol. The molecule has 0 amide bonds. The van der Waals surface area contributed by atoms with Crippen molar-refractivity contribution in [3.05, 3.63) is 65.7 Å². The predicted molar refractivity (Wildman–Crippen MR) is 128 cm³/mol. The molecule has 0 aromatic heterocycles. The molecule has 0 aliphatic carbocycles. The second-order valence-corrected chi connectivity index (χ2v) is 6.73. The van der Waals surface area contributed by atoms with Gasteiger partial charge in [-0.15, -0.1) is 24.0 Å². The zero-order valence-electron chi connectivity index (χ0n) is 17.1. The average Bonchev–Trinajstić information content (AvgIpc) is 2.78. The van der Waals surface area contributed by atoms with Crippen LogP contribution in [0.4, 0.5) is 0 Å². The molecule has 1 saturated heterocycles. The average molecular weight is 510 g/mol. The number of hydrogen-bond donors (Lipinski definition) is 2. The molecule has 3 rings (SSSR count). The number of nitrogens with zero attached hydrogens (tertiary/aromatic N) is 2. The zero-order chi connectivity index (χ0) is 19.6. The number of aliphatic imine (C=N–C) groups is 1. The molecule has 2 aromatic rings. The lowest BCUT2D eigenvalue weighted by molar-refractivity contribution is 0.0170. The maximum atomic E-state index is 5.54. The van der Waals surface area contributed by atoms with E-state index in [4.69, 9.17) is 9.47 Å². The van der Waals surface area contributed by atoms with Gasteiger partial charge in [-0.3, -0.25) is 9.89 Å². The van der Waals surface area contributed by atoms with Crippen molar-refractivity contribution in [2.75, 3.05) is 47.0 Å². The molecule has 1 aliphatic rings. The van der Waals surface area contributed by atoms with Crippen LogP contribution in [0.2, 0.25) is 0 Å². The smallest absolute Gasteiger partial charge is 0.191 e. The molecule has 158 valence electrons. The van der Waals surface area contributed by atoms with Crippen LogP contribution in [0.25, 0.3) is 0 Å². The van der Waals surface area contributed by atoms with Gasteiger partial charge in [-0.05, 0) is 23.3 Å². The van der Waals surface area contributed by atoms with Crippen LogP contribution in [-0.4, -0.2) is 57.9 Å². The normalized spacial score (nSPS) is 15.9. The van der Waals surface area contributed by atoms with Crippen molar-refractivity contribution < 1.29 is 9.47 Å². The molecule has 0 radical (unpaired) electrons. The lowest BCUT2D eigenvalue weighted by Gasteiger charge is -2.35. The summed E-state index contributed by atoms with van der Waals surface area (Å²) in [5.41, 5.74) is 2.49. The van der Waals surface area contributed by atoms with Gasteiger partial charge >= 0.3 is 0 Å². The molecule has 0 bridgehead atoms. The number of benzene rings is 2. The van der Waals surface area contributed by atoms with Gasteiger partial charge in [-0.1, -0.05) is 42.5 Å². The van der Waals surface area contributed by atoms with Gasteiger partial charge in [0.25, 0.3) is 0 Å². The molecule has 0 saturated carbocycles. The van der Waals surface area contributed by atoms with Gasteiger partial charge in [0.1, 0.15) is 5.75 Å². The fourth-order valence-corrected chi connectivity index (χ4v) is 3.37. The minimum atomic E-state index is 0. The summed E-state index contributed by atoms with van der Waals surface area (Å²) in [6.07, 6.45) is 0. The van der Waals surface area contributed by atoms with Crippen molar-refractivity contribution in [2.45, 2.75) is 12.6 Å². The lowest BCUT2D eigenvalue weighted by atomic mass is 10.0. The largest absolute Gasteiger partial charge is 0.497 e. The summed E-state index contributed by atoms with van der Waals surface area (Å²) in [7, 11) is 3.50. The highest BCUT2D eigenvalue weighted by atomic mass is 127. The predicted octanol–water partition coefficient (Wildman–Crippen LogP) is 3.05. The van der Waals surface area contributed by atoms with E-state index in [2.05, 4.69) is 44.8 Å². The Labute approximate surface area is 190 Å². The minimum Gasteiger partial charge on any atom is -0.497 e. The molecule has 1 heterocycles. The fraction of sp³-hybridized carbons (Fsp3) is 0.409. The third-order valence-corrected chi connectivity index (χ3v) is 4.98. The van der Waals surface area contributed by atoms with Crippen molar-refractivity contribution >= 4 is 29.9 Å². The first-order valence-corrected chi connectivity index (χ1v) is 9.74. The topological polar surface area (TPSA) is 58.1 Å². The van der Waals surface area contributed by atoms with E-state index in [0.29, 0.717) is 0 Å². The highest BCUT2D eigenvalue weighted by molar-refractivity contribution is 14.0. The highest BCUT2D eigenvalue weighted by Crippen LogP contribution is 2.23. The van der Waals surface area contributed by atoms with Gasteiger partial charge < -0.3 is 20.1 Å². The van der Waals surface area contributed by atoms with Gasteiger partial charge in [0.05, 0.1) is 26.4 Å². The van der Waals surface area contributed by atoms with E-state index in [-0.39, 0.29) is 30.0 Å². The number of morpholine rings is 1. The van der Waals surface area contributed by atoms with Gasteiger partial charge in [-0.2, -0.15) is 0 Å². The van der Waals surface area contributed by atoms with Crippen molar-refractivity contribution in [3.8, 4) is 5.75 Å². The van der Waals surface area contributed by atoms with Crippen molar-refractivity contribution in [1.29, 1.82) is 0 Å². The Kier molecular flexibility index (Phi) is 10.2. The first kappa shape index (κ1) is 23.4. The molecule has 7 heteroatoms. The SMILES string of the molecule is CN=C(NCc1ccccc1)NCC(c1ccc(OC)cc1)N1CCOCC1.I. The van der Waals surface area contributed by atoms with E-state index in [9.17, 15) is 0 Å². The van der Waals surface area contributed by atoms with Crippen molar-refractivity contribution in [1.82, 2.24) is 15.5 Å². The zero-order valence-corrected chi connectivity index (χ0v) is 19.5. The van der Waals surface area contributed by atoms with E-state index in [1.807, 2.05) is 30.3 Å². The van der Waals surface area contributed by atoms with E-state index in [1.54, 1.807) is 14.2 Å². The standard InChI is InChI=1S/C22H30N4O2.HI/c1-23-22(24-16-18-6-4-3-5-7-18)25-17-21(26-12-14-28-15-13-26)19-8-10-20(27-2)11-9-19;/h3-11,21H,12-17H2,1-2H3,(H2,23,24,25);1H. The van der Waals surface area contributed by atoms with Gasteiger partial charge in [0.2, 0.25) is 0 Å². The van der Waals surface area contributed by atoms with Crippen LogP contribution in [-0.2, 0) is 11.3 Å². The Morgan fingerprint density at radius 1 is 1.07 bits per heavy atom. The number of hydrogen-bond acceptors (Lipinski definition) is 4. The molecular formula is C22H31IN4O2. The maximum absolute atomic E-state index is 5.54. The molecule has 1 atom stereocenters. The quantitative estimate of drug-likeness (QED) is 0.341. The van der Waals surface area contributed by atoms with Crippen LogP contribution in [0.1, 0.15) is 17.2 Å². The fourth-order valence-electron chi connectivity index (χ4n) is 3.37. The van der Waals surface area contributed by atoms with Crippen molar-refractivity contribution in [2.24, 2.45) is 4.99 Å². The Hall–Kier alpha value is -1.84. The second kappa shape index (κ2) is 12.7. The first-order chi connectivity index (χ1) is 13.8. The van der Waals surface area contributed by atoms with Crippen LogP contribution in [0.5, 0.6) is 5.75 Å². The number of ether oxygens (including phenoxy) is 2.